The number of rotatable bonds is 6. The van der Waals surface area contributed by atoms with Crippen molar-refractivity contribution in [2.24, 2.45) is 0 Å². The molecule has 1 aromatic carbocycles. The van der Waals surface area contributed by atoms with Crippen LogP contribution in [-0.4, -0.2) is 26.3 Å². The van der Waals surface area contributed by atoms with E-state index in [0.29, 0.717) is 12.4 Å². The van der Waals surface area contributed by atoms with Crippen LogP contribution in [0.1, 0.15) is 13.3 Å². The van der Waals surface area contributed by atoms with Crippen LogP contribution in [0, 0.1) is 0 Å². The van der Waals surface area contributed by atoms with Gasteiger partial charge in [0.25, 0.3) is 0 Å². The number of ether oxygens (including phenoxy) is 3. The van der Waals surface area contributed by atoms with Gasteiger partial charge in [-0.1, -0.05) is 6.92 Å². The first-order valence-electron chi connectivity index (χ1n) is 5.18. The van der Waals surface area contributed by atoms with Crippen molar-refractivity contribution in [1.29, 1.82) is 0 Å². The molecule has 0 saturated carbocycles. The van der Waals surface area contributed by atoms with Crippen molar-refractivity contribution in [2.45, 2.75) is 13.3 Å². The number of methoxy groups -OCH3 is 1. The van der Waals surface area contributed by atoms with Crippen molar-refractivity contribution in [3.05, 3.63) is 24.3 Å². The zero-order valence-corrected chi connectivity index (χ0v) is 9.56. The van der Waals surface area contributed by atoms with Crippen molar-refractivity contribution in [3.63, 3.8) is 0 Å². The monoisotopic (exact) mass is 224 g/mol. The fourth-order valence-electron chi connectivity index (χ4n) is 1.07. The SMILES string of the molecule is CCCOC(=O)COc1ccc(OC)cc1. The molecule has 0 atom stereocenters. The molecule has 0 spiro atoms. The molecule has 0 aliphatic carbocycles. The standard InChI is InChI=1S/C12H16O4/c1-3-8-15-12(13)9-16-11-6-4-10(14-2)5-7-11/h4-7H,3,8-9H2,1-2H3. The number of hydrogen-bond acceptors (Lipinski definition) is 4. The number of esters is 1. The van der Waals surface area contributed by atoms with Gasteiger partial charge in [0.05, 0.1) is 13.7 Å². The Kier molecular flexibility index (Phi) is 5.19. The third kappa shape index (κ3) is 4.21. The van der Waals surface area contributed by atoms with E-state index < -0.39 is 0 Å². The molecule has 0 amide bonds. The second-order valence-electron chi connectivity index (χ2n) is 3.18. The Balaban J connectivity index is 2.33. The molecule has 0 aliphatic heterocycles. The van der Waals surface area contributed by atoms with Crippen LogP contribution in [0.3, 0.4) is 0 Å². The molecular formula is C12H16O4. The quantitative estimate of drug-likeness (QED) is 0.693. The van der Waals surface area contributed by atoms with Crippen LogP contribution in [0.25, 0.3) is 0 Å². The Bertz CT molecular complexity index is 318. The molecule has 1 rings (SSSR count). The van der Waals surface area contributed by atoms with Gasteiger partial charge in [-0.2, -0.15) is 0 Å². The molecule has 0 unspecified atom stereocenters. The highest BCUT2D eigenvalue weighted by Crippen LogP contribution is 2.16. The van der Waals surface area contributed by atoms with Crippen LogP contribution < -0.4 is 9.47 Å². The average Bonchev–Trinajstić information content (AvgIpc) is 2.34. The highest BCUT2D eigenvalue weighted by Gasteiger charge is 2.03. The average molecular weight is 224 g/mol. The van der Waals surface area contributed by atoms with Crippen molar-refractivity contribution in [2.75, 3.05) is 20.3 Å². The van der Waals surface area contributed by atoms with Gasteiger partial charge in [-0.05, 0) is 30.7 Å². The summed E-state index contributed by atoms with van der Waals surface area (Å²) in [4.78, 5) is 11.1. The van der Waals surface area contributed by atoms with E-state index in [1.54, 1.807) is 31.4 Å². The zero-order chi connectivity index (χ0) is 11.8. The van der Waals surface area contributed by atoms with Crippen LogP contribution in [-0.2, 0) is 9.53 Å². The Morgan fingerprint density at radius 1 is 1.19 bits per heavy atom. The minimum atomic E-state index is -0.349. The van der Waals surface area contributed by atoms with Crippen LogP contribution in [0.2, 0.25) is 0 Å². The van der Waals surface area contributed by atoms with Crippen LogP contribution in [0.5, 0.6) is 11.5 Å². The van der Waals surface area contributed by atoms with E-state index >= 15 is 0 Å². The molecule has 16 heavy (non-hydrogen) atoms. The first kappa shape index (κ1) is 12.4. The molecule has 0 bridgehead atoms. The van der Waals surface area contributed by atoms with E-state index in [4.69, 9.17) is 14.2 Å². The largest absolute Gasteiger partial charge is 0.497 e. The van der Waals surface area contributed by atoms with E-state index in [2.05, 4.69) is 0 Å². The van der Waals surface area contributed by atoms with Gasteiger partial charge in [0.2, 0.25) is 0 Å². The lowest BCUT2D eigenvalue weighted by Gasteiger charge is -2.06. The molecule has 1 aromatic rings. The second kappa shape index (κ2) is 6.71. The third-order valence-corrected chi connectivity index (χ3v) is 1.88. The number of hydrogen-bond donors (Lipinski definition) is 0. The van der Waals surface area contributed by atoms with Crippen molar-refractivity contribution in [1.82, 2.24) is 0 Å². The maximum Gasteiger partial charge on any atom is 0.344 e. The van der Waals surface area contributed by atoms with Crippen molar-refractivity contribution >= 4 is 5.97 Å². The Hall–Kier alpha value is -1.71. The lowest BCUT2D eigenvalue weighted by Crippen LogP contribution is -2.15. The zero-order valence-electron chi connectivity index (χ0n) is 9.56. The summed E-state index contributed by atoms with van der Waals surface area (Å²) in [6.07, 6.45) is 0.814. The molecular weight excluding hydrogens is 208 g/mol. The molecule has 4 nitrogen and oxygen atoms in total. The highest BCUT2D eigenvalue weighted by atomic mass is 16.6. The molecule has 0 aromatic heterocycles. The van der Waals surface area contributed by atoms with E-state index in [9.17, 15) is 4.79 Å². The Morgan fingerprint density at radius 2 is 1.81 bits per heavy atom. The predicted octanol–water partition coefficient (Wildman–Crippen LogP) is 2.03. The van der Waals surface area contributed by atoms with Gasteiger partial charge in [0.1, 0.15) is 11.5 Å². The molecule has 0 radical (unpaired) electrons. The van der Waals surface area contributed by atoms with Gasteiger partial charge in [-0.3, -0.25) is 0 Å². The molecule has 0 heterocycles. The van der Waals surface area contributed by atoms with Gasteiger partial charge >= 0.3 is 5.97 Å². The summed E-state index contributed by atoms with van der Waals surface area (Å²) < 4.78 is 15.1. The summed E-state index contributed by atoms with van der Waals surface area (Å²) in [5.41, 5.74) is 0. The van der Waals surface area contributed by atoms with Gasteiger partial charge in [-0.25, -0.2) is 4.79 Å². The Labute approximate surface area is 95.1 Å². The van der Waals surface area contributed by atoms with Crippen LogP contribution in [0.4, 0.5) is 0 Å². The molecule has 0 saturated heterocycles. The highest BCUT2D eigenvalue weighted by molar-refractivity contribution is 5.71. The summed E-state index contributed by atoms with van der Waals surface area (Å²) in [6.45, 7) is 2.31. The number of benzene rings is 1. The van der Waals surface area contributed by atoms with Gasteiger partial charge in [-0.15, -0.1) is 0 Å². The maximum absolute atomic E-state index is 11.1. The summed E-state index contributed by atoms with van der Waals surface area (Å²) >= 11 is 0. The number of carbonyl (C=O) groups is 1. The molecule has 4 heteroatoms. The van der Waals surface area contributed by atoms with Crippen LogP contribution >= 0.6 is 0 Å². The minimum Gasteiger partial charge on any atom is -0.497 e. The summed E-state index contributed by atoms with van der Waals surface area (Å²) in [5.74, 6) is 1.02. The van der Waals surface area contributed by atoms with Crippen molar-refractivity contribution in [3.8, 4) is 11.5 Å². The van der Waals surface area contributed by atoms with Gasteiger partial charge < -0.3 is 14.2 Å². The molecule has 0 N–H and O–H groups in total. The molecule has 0 aliphatic rings. The van der Waals surface area contributed by atoms with E-state index in [1.165, 1.54) is 0 Å². The normalized spacial score (nSPS) is 9.62. The summed E-state index contributed by atoms with van der Waals surface area (Å²) in [7, 11) is 1.60. The third-order valence-electron chi connectivity index (χ3n) is 1.88. The molecule has 0 fully saturated rings. The fourth-order valence-corrected chi connectivity index (χ4v) is 1.07. The predicted molar refractivity (Wildman–Crippen MR) is 59.7 cm³/mol. The fraction of sp³-hybridized carbons (Fsp3) is 0.417. The second-order valence-corrected chi connectivity index (χ2v) is 3.18. The topological polar surface area (TPSA) is 44.8 Å². The van der Waals surface area contributed by atoms with E-state index in [1.807, 2.05) is 6.92 Å². The minimum absolute atomic E-state index is 0.0632. The van der Waals surface area contributed by atoms with E-state index in [0.717, 1.165) is 12.2 Å². The first-order valence-corrected chi connectivity index (χ1v) is 5.18. The smallest absolute Gasteiger partial charge is 0.344 e. The van der Waals surface area contributed by atoms with Gasteiger partial charge in [0, 0.05) is 0 Å². The lowest BCUT2D eigenvalue weighted by atomic mass is 10.3. The lowest BCUT2D eigenvalue weighted by molar-refractivity contribution is -0.146. The van der Waals surface area contributed by atoms with Crippen LogP contribution in [0.15, 0.2) is 24.3 Å². The van der Waals surface area contributed by atoms with E-state index in [-0.39, 0.29) is 12.6 Å². The Morgan fingerprint density at radius 3 is 2.38 bits per heavy atom. The first-order chi connectivity index (χ1) is 7.76. The molecule has 88 valence electrons. The van der Waals surface area contributed by atoms with Crippen molar-refractivity contribution < 1.29 is 19.0 Å². The summed E-state index contributed by atoms with van der Waals surface area (Å²) in [6, 6.07) is 7.03. The number of carbonyl (C=O) groups excluding carboxylic acids is 1. The van der Waals surface area contributed by atoms with Gasteiger partial charge in [0.15, 0.2) is 6.61 Å². The maximum atomic E-state index is 11.1. The summed E-state index contributed by atoms with van der Waals surface area (Å²) in [5, 5.41) is 0.